The van der Waals surface area contributed by atoms with E-state index < -0.39 is 11.4 Å². The highest BCUT2D eigenvalue weighted by atomic mass is 79.9. The third kappa shape index (κ3) is 3.40. The summed E-state index contributed by atoms with van der Waals surface area (Å²) in [5, 5.41) is 9.51. The zero-order valence-electron chi connectivity index (χ0n) is 11.4. The Morgan fingerprint density at radius 3 is 2.90 bits per heavy atom. The van der Waals surface area contributed by atoms with E-state index in [1.807, 2.05) is 13.0 Å². The molecule has 20 heavy (non-hydrogen) atoms. The zero-order valence-corrected chi connectivity index (χ0v) is 14.6. The fourth-order valence-corrected chi connectivity index (χ4v) is 3.94. The van der Waals surface area contributed by atoms with Crippen LogP contribution in [0.4, 0.5) is 0 Å². The van der Waals surface area contributed by atoms with E-state index in [-0.39, 0.29) is 0 Å². The molecule has 2 heterocycles. The molecule has 2 rings (SSSR count). The molecule has 0 aromatic carbocycles. The number of hydrogen-bond acceptors (Lipinski definition) is 3. The van der Waals surface area contributed by atoms with E-state index in [9.17, 15) is 9.90 Å². The molecule has 1 unspecified atom stereocenters. The number of aliphatic carboxylic acids is 1. The van der Waals surface area contributed by atoms with Gasteiger partial charge in [-0.2, -0.15) is 0 Å². The van der Waals surface area contributed by atoms with Crippen molar-refractivity contribution in [2.45, 2.75) is 32.7 Å². The number of halogens is 2. The number of likely N-dealkylation sites (tertiary alicyclic amines) is 1. The van der Waals surface area contributed by atoms with E-state index in [0.717, 1.165) is 40.4 Å². The maximum atomic E-state index is 11.6. The summed E-state index contributed by atoms with van der Waals surface area (Å²) in [5.41, 5.74) is 0.377. The number of carbonyl (C=O) groups is 1. The minimum absolute atomic E-state index is 0.573. The fraction of sp³-hybridized carbons (Fsp3) is 0.571. The van der Waals surface area contributed by atoms with Crippen molar-refractivity contribution in [2.24, 2.45) is 5.41 Å². The number of carboxylic acids is 1. The molecule has 1 N–H and O–H groups in total. The molecular formula is C14H18Br2N2O2. The van der Waals surface area contributed by atoms with Gasteiger partial charge in [-0.1, -0.05) is 13.3 Å². The summed E-state index contributed by atoms with van der Waals surface area (Å²) in [6.45, 7) is 4.16. The summed E-state index contributed by atoms with van der Waals surface area (Å²) in [6.07, 6.45) is 4.14. The summed E-state index contributed by atoms with van der Waals surface area (Å²) >= 11 is 6.89. The Hall–Kier alpha value is -0.460. The molecule has 0 saturated carbocycles. The lowest BCUT2D eigenvalue weighted by atomic mass is 9.83. The average molecular weight is 406 g/mol. The van der Waals surface area contributed by atoms with Gasteiger partial charge in [0.2, 0.25) is 0 Å². The van der Waals surface area contributed by atoms with Crippen molar-refractivity contribution in [3.05, 3.63) is 26.9 Å². The number of hydrogen-bond donors (Lipinski definition) is 1. The second kappa shape index (κ2) is 6.54. The van der Waals surface area contributed by atoms with Gasteiger partial charge >= 0.3 is 5.97 Å². The van der Waals surface area contributed by atoms with Crippen molar-refractivity contribution in [1.29, 1.82) is 0 Å². The van der Waals surface area contributed by atoms with Gasteiger partial charge in [0.1, 0.15) is 0 Å². The first-order valence-electron chi connectivity index (χ1n) is 6.72. The lowest BCUT2D eigenvalue weighted by Crippen LogP contribution is -2.34. The van der Waals surface area contributed by atoms with Crippen molar-refractivity contribution in [3.8, 4) is 0 Å². The SMILES string of the molecule is CCCC1(C(=O)O)CCN(Cc2ncc(Br)cc2Br)C1. The van der Waals surface area contributed by atoms with Gasteiger partial charge in [-0.3, -0.25) is 14.7 Å². The second-order valence-corrected chi connectivity index (χ2v) is 7.15. The first-order valence-corrected chi connectivity index (χ1v) is 8.31. The number of carboxylic acid groups (broad SMARTS) is 1. The highest BCUT2D eigenvalue weighted by Gasteiger charge is 2.43. The van der Waals surface area contributed by atoms with Crippen molar-refractivity contribution in [3.63, 3.8) is 0 Å². The van der Waals surface area contributed by atoms with E-state index in [0.29, 0.717) is 13.1 Å². The van der Waals surface area contributed by atoms with Crippen LogP contribution in [0.1, 0.15) is 31.9 Å². The highest BCUT2D eigenvalue weighted by Crippen LogP contribution is 2.36. The minimum Gasteiger partial charge on any atom is -0.481 e. The van der Waals surface area contributed by atoms with Gasteiger partial charge < -0.3 is 5.11 Å². The van der Waals surface area contributed by atoms with Crippen LogP contribution in [0, 0.1) is 5.41 Å². The molecule has 0 spiro atoms. The van der Waals surface area contributed by atoms with E-state index >= 15 is 0 Å². The third-order valence-corrected chi connectivity index (χ3v) is 4.99. The van der Waals surface area contributed by atoms with Crippen molar-refractivity contribution < 1.29 is 9.90 Å². The van der Waals surface area contributed by atoms with E-state index in [2.05, 4.69) is 41.7 Å². The Kier molecular flexibility index (Phi) is 5.20. The number of nitrogens with zero attached hydrogens (tertiary/aromatic N) is 2. The van der Waals surface area contributed by atoms with Crippen LogP contribution in [0.15, 0.2) is 21.2 Å². The maximum Gasteiger partial charge on any atom is 0.310 e. The number of aromatic nitrogens is 1. The van der Waals surface area contributed by atoms with E-state index in [1.165, 1.54) is 0 Å². The molecule has 6 heteroatoms. The van der Waals surface area contributed by atoms with Crippen LogP contribution in [0.3, 0.4) is 0 Å². The smallest absolute Gasteiger partial charge is 0.310 e. The monoisotopic (exact) mass is 404 g/mol. The van der Waals surface area contributed by atoms with Crippen LogP contribution >= 0.6 is 31.9 Å². The summed E-state index contributed by atoms with van der Waals surface area (Å²) < 4.78 is 1.88. The molecule has 4 nitrogen and oxygen atoms in total. The highest BCUT2D eigenvalue weighted by molar-refractivity contribution is 9.11. The third-order valence-electron chi connectivity index (χ3n) is 3.87. The van der Waals surface area contributed by atoms with Crippen molar-refractivity contribution in [2.75, 3.05) is 13.1 Å². The Balaban J connectivity index is 2.07. The van der Waals surface area contributed by atoms with Crippen LogP contribution in [-0.4, -0.2) is 34.0 Å². The van der Waals surface area contributed by atoms with Gasteiger partial charge in [-0.15, -0.1) is 0 Å². The van der Waals surface area contributed by atoms with Gasteiger partial charge in [0.15, 0.2) is 0 Å². The van der Waals surface area contributed by atoms with Crippen LogP contribution in [0.2, 0.25) is 0 Å². The molecule has 1 atom stereocenters. The average Bonchev–Trinajstić information content (AvgIpc) is 2.78. The lowest BCUT2D eigenvalue weighted by Gasteiger charge is -2.24. The molecule has 0 amide bonds. The summed E-state index contributed by atoms with van der Waals surface area (Å²) in [4.78, 5) is 18.1. The van der Waals surface area contributed by atoms with Crippen LogP contribution < -0.4 is 0 Å². The molecule has 1 aromatic heterocycles. The summed E-state index contributed by atoms with van der Waals surface area (Å²) in [7, 11) is 0. The van der Waals surface area contributed by atoms with Gasteiger partial charge in [0.25, 0.3) is 0 Å². The topological polar surface area (TPSA) is 53.4 Å². The predicted octanol–water partition coefficient (Wildman–Crippen LogP) is 3.68. The molecule has 1 aliphatic heterocycles. The van der Waals surface area contributed by atoms with Gasteiger partial charge in [-0.25, -0.2) is 0 Å². The molecule has 0 bridgehead atoms. The van der Waals surface area contributed by atoms with E-state index in [1.54, 1.807) is 6.20 Å². The minimum atomic E-state index is -0.662. The quantitative estimate of drug-likeness (QED) is 0.811. The molecule has 110 valence electrons. The van der Waals surface area contributed by atoms with Gasteiger partial charge in [-0.05, 0) is 57.3 Å². The van der Waals surface area contributed by atoms with E-state index in [4.69, 9.17) is 0 Å². The van der Waals surface area contributed by atoms with Crippen molar-refractivity contribution in [1.82, 2.24) is 9.88 Å². The maximum absolute atomic E-state index is 11.6. The molecular weight excluding hydrogens is 388 g/mol. The molecule has 1 saturated heterocycles. The first kappa shape index (κ1) is 15.9. The van der Waals surface area contributed by atoms with Crippen molar-refractivity contribution >= 4 is 37.8 Å². The van der Waals surface area contributed by atoms with Crippen LogP contribution in [0.5, 0.6) is 0 Å². The molecule has 1 aliphatic rings. The zero-order chi connectivity index (χ0) is 14.8. The summed E-state index contributed by atoms with van der Waals surface area (Å²) in [6, 6.07) is 1.97. The predicted molar refractivity (Wildman–Crippen MR) is 84.5 cm³/mol. The molecule has 0 aliphatic carbocycles. The van der Waals surface area contributed by atoms with Gasteiger partial charge in [0.05, 0.1) is 11.1 Å². The second-order valence-electron chi connectivity index (χ2n) is 5.38. The van der Waals surface area contributed by atoms with Crippen LogP contribution in [0.25, 0.3) is 0 Å². The number of pyridine rings is 1. The summed E-state index contributed by atoms with van der Waals surface area (Å²) in [5.74, 6) is -0.662. The fourth-order valence-electron chi connectivity index (χ4n) is 2.83. The largest absolute Gasteiger partial charge is 0.481 e. The first-order chi connectivity index (χ1) is 9.47. The van der Waals surface area contributed by atoms with Crippen LogP contribution in [-0.2, 0) is 11.3 Å². The normalized spacial score (nSPS) is 23.1. The Bertz CT molecular complexity index is 510. The molecule has 0 radical (unpaired) electrons. The molecule has 1 aromatic rings. The Labute approximate surface area is 135 Å². The van der Waals surface area contributed by atoms with Gasteiger partial charge in [0, 0.05) is 28.2 Å². The lowest BCUT2D eigenvalue weighted by molar-refractivity contribution is -0.148. The number of rotatable bonds is 5. The standard InChI is InChI=1S/C14H18Br2N2O2/c1-2-3-14(13(19)20)4-5-18(9-14)8-12-11(16)6-10(15)7-17-12/h6-7H,2-5,8-9H2,1H3,(H,19,20). The Morgan fingerprint density at radius 1 is 1.55 bits per heavy atom. The Morgan fingerprint density at radius 2 is 2.30 bits per heavy atom. The molecule has 1 fully saturated rings.